The Balaban J connectivity index is 2.33. The molecule has 0 aliphatic rings. The van der Waals surface area contributed by atoms with E-state index in [4.69, 9.17) is 11.6 Å². The van der Waals surface area contributed by atoms with Gasteiger partial charge in [-0.3, -0.25) is 4.79 Å². The predicted octanol–water partition coefficient (Wildman–Crippen LogP) is 3.81. The maximum atomic E-state index is 13.0. The first-order valence-electron chi connectivity index (χ1n) is 7.54. The number of hydrogen-bond acceptors (Lipinski definition) is 4. The molecule has 1 aromatic heterocycles. The van der Waals surface area contributed by atoms with Crippen molar-refractivity contribution in [3.63, 3.8) is 0 Å². The summed E-state index contributed by atoms with van der Waals surface area (Å²) >= 11 is 7.86. The maximum Gasteiger partial charge on any atom is 0.431 e. The summed E-state index contributed by atoms with van der Waals surface area (Å²) < 4.78 is 13.5. The number of amides is 1. The third kappa shape index (κ3) is 3.68. The van der Waals surface area contributed by atoms with E-state index in [1.54, 1.807) is 6.07 Å². The molecular formula is C17H13BrClN3O4S. The number of rotatable bonds is 3. The van der Waals surface area contributed by atoms with Crippen molar-refractivity contribution in [2.75, 3.05) is 11.3 Å². The minimum absolute atomic E-state index is 0.0193. The molecule has 3 aromatic rings. The quantitative estimate of drug-likeness (QED) is 0.587. The second-order valence-corrected chi connectivity index (χ2v) is 8.34. The summed E-state index contributed by atoms with van der Waals surface area (Å²) in [6, 6.07) is 7.75. The highest BCUT2D eigenvalue weighted by Crippen LogP contribution is 2.29. The number of benzene rings is 2. The average molecular weight is 471 g/mol. The Morgan fingerprint density at radius 2 is 2.07 bits per heavy atom. The van der Waals surface area contributed by atoms with Crippen LogP contribution in [0.1, 0.15) is 5.56 Å². The van der Waals surface area contributed by atoms with E-state index in [1.165, 1.54) is 24.5 Å². The molecule has 0 aliphatic heterocycles. The van der Waals surface area contributed by atoms with Gasteiger partial charge in [-0.1, -0.05) is 11.6 Å². The molecule has 1 atom stereocenters. The van der Waals surface area contributed by atoms with Crippen LogP contribution in [0.15, 0.2) is 50.8 Å². The van der Waals surface area contributed by atoms with Gasteiger partial charge in [0.15, 0.2) is 4.90 Å². The standard InChI is InChI=1S/C17H13BrClN3O4S/c1-9-5-11-15(12(18)6-9)20-8-21(16(11)23)22(17(24)25)13-7-10(19)3-4-14(13)27(2)26/h3-8H,1-2H3,(H,24,25). The Bertz CT molecular complexity index is 1120. The normalized spacial score (nSPS) is 12.2. The van der Waals surface area contributed by atoms with Crippen molar-refractivity contribution in [2.45, 2.75) is 11.8 Å². The van der Waals surface area contributed by atoms with E-state index in [9.17, 15) is 19.2 Å². The molecule has 7 nitrogen and oxygen atoms in total. The van der Waals surface area contributed by atoms with Gasteiger partial charge in [0.05, 0.1) is 10.9 Å². The lowest BCUT2D eigenvalue weighted by molar-refractivity contribution is 0.198. The van der Waals surface area contributed by atoms with Crippen molar-refractivity contribution in [2.24, 2.45) is 0 Å². The lowest BCUT2D eigenvalue weighted by Crippen LogP contribution is -2.43. The van der Waals surface area contributed by atoms with Gasteiger partial charge in [0, 0.05) is 9.50 Å². The number of carbonyl (C=O) groups is 1. The molecule has 140 valence electrons. The van der Waals surface area contributed by atoms with E-state index in [1.807, 2.05) is 13.0 Å². The van der Waals surface area contributed by atoms with Crippen LogP contribution in [0.3, 0.4) is 0 Å². The van der Waals surface area contributed by atoms with Crippen molar-refractivity contribution < 1.29 is 14.5 Å². The molecular weight excluding hydrogens is 458 g/mol. The highest BCUT2D eigenvalue weighted by Gasteiger charge is 2.26. The van der Waals surface area contributed by atoms with Crippen LogP contribution in [0.2, 0.25) is 5.02 Å². The lowest BCUT2D eigenvalue weighted by Gasteiger charge is -2.23. The fourth-order valence-electron chi connectivity index (χ4n) is 2.67. The summed E-state index contributed by atoms with van der Waals surface area (Å²) in [6.45, 7) is 1.81. The summed E-state index contributed by atoms with van der Waals surface area (Å²) in [5, 5.41) is 10.9. The van der Waals surface area contributed by atoms with Crippen molar-refractivity contribution in [1.29, 1.82) is 0 Å². The van der Waals surface area contributed by atoms with Gasteiger partial charge in [-0.2, -0.15) is 9.69 Å². The van der Waals surface area contributed by atoms with Crippen molar-refractivity contribution in [3.05, 3.63) is 62.1 Å². The number of aryl methyl sites for hydroxylation is 1. The zero-order valence-corrected chi connectivity index (χ0v) is 17.3. The number of nitrogens with zero attached hydrogens (tertiary/aromatic N) is 3. The predicted molar refractivity (Wildman–Crippen MR) is 108 cm³/mol. The highest BCUT2D eigenvalue weighted by molar-refractivity contribution is 9.10. The molecule has 0 bridgehead atoms. The van der Waals surface area contributed by atoms with Gasteiger partial charge in [-0.05, 0) is 69.9 Å². The average Bonchev–Trinajstić information content (AvgIpc) is 2.57. The smallest absolute Gasteiger partial charge is 0.431 e. The molecule has 0 spiro atoms. The minimum atomic E-state index is -1.51. The molecule has 1 amide bonds. The summed E-state index contributed by atoms with van der Waals surface area (Å²) in [4.78, 5) is 29.4. The first kappa shape index (κ1) is 19.7. The molecule has 1 heterocycles. The zero-order chi connectivity index (χ0) is 19.9. The van der Waals surface area contributed by atoms with Crippen LogP contribution >= 0.6 is 27.5 Å². The van der Waals surface area contributed by atoms with Crippen molar-refractivity contribution >= 4 is 61.4 Å². The Morgan fingerprint density at radius 1 is 1.37 bits per heavy atom. The van der Waals surface area contributed by atoms with Gasteiger partial charge in [0.1, 0.15) is 18.3 Å². The Labute approximate surface area is 170 Å². The van der Waals surface area contributed by atoms with Crippen LogP contribution in [0.25, 0.3) is 10.9 Å². The Hall–Kier alpha value is -2.07. The Kier molecular flexibility index (Phi) is 5.48. The van der Waals surface area contributed by atoms with Crippen LogP contribution in [0.4, 0.5) is 10.5 Å². The van der Waals surface area contributed by atoms with Gasteiger partial charge in [-0.15, -0.1) is 0 Å². The van der Waals surface area contributed by atoms with Gasteiger partial charge in [0.25, 0.3) is 5.56 Å². The SMILES string of the molecule is Cc1cc(Br)c2ncn(N(C(=O)O)c3cc(Cl)ccc3[S+](C)[O-])c(=O)c2c1. The van der Waals surface area contributed by atoms with E-state index >= 15 is 0 Å². The topological polar surface area (TPSA) is 98.5 Å². The Morgan fingerprint density at radius 3 is 2.70 bits per heavy atom. The van der Waals surface area contributed by atoms with Gasteiger partial charge in [0.2, 0.25) is 0 Å². The molecule has 1 unspecified atom stereocenters. The molecule has 0 saturated heterocycles. The van der Waals surface area contributed by atoms with E-state index in [-0.39, 0.29) is 21.0 Å². The molecule has 2 aromatic carbocycles. The third-order valence-corrected chi connectivity index (χ3v) is 5.60. The number of aromatic nitrogens is 2. The minimum Gasteiger partial charge on any atom is -0.612 e. The number of hydrogen-bond donors (Lipinski definition) is 1. The first-order valence-corrected chi connectivity index (χ1v) is 10.3. The summed E-state index contributed by atoms with van der Waals surface area (Å²) in [5.41, 5.74) is 0.661. The third-order valence-electron chi connectivity index (χ3n) is 3.80. The van der Waals surface area contributed by atoms with E-state index in [2.05, 4.69) is 20.9 Å². The molecule has 10 heteroatoms. The van der Waals surface area contributed by atoms with Crippen molar-refractivity contribution in [3.8, 4) is 0 Å². The second-order valence-electron chi connectivity index (χ2n) is 5.70. The van der Waals surface area contributed by atoms with Crippen LogP contribution in [0.5, 0.6) is 0 Å². The molecule has 27 heavy (non-hydrogen) atoms. The maximum absolute atomic E-state index is 13.0. The highest BCUT2D eigenvalue weighted by atomic mass is 79.9. The summed E-state index contributed by atoms with van der Waals surface area (Å²) in [6.07, 6.45) is 1.08. The monoisotopic (exact) mass is 469 g/mol. The van der Waals surface area contributed by atoms with E-state index < -0.39 is 22.8 Å². The van der Waals surface area contributed by atoms with Crippen LogP contribution in [-0.2, 0) is 11.2 Å². The van der Waals surface area contributed by atoms with E-state index in [0.29, 0.717) is 15.0 Å². The molecule has 0 radical (unpaired) electrons. The van der Waals surface area contributed by atoms with Crippen LogP contribution < -0.4 is 10.6 Å². The van der Waals surface area contributed by atoms with E-state index in [0.717, 1.165) is 16.6 Å². The molecule has 3 rings (SSSR count). The largest absolute Gasteiger partial charge is 0.612 e. The zero-order valence-electron chi connectivity index (χ0n) is 14.1. The first-order chi connectivity index (χ1) is 12.7. The van der Waals surface area contributed by atoms with Crippen LogP contribution in [0, 0.1) is 6.92 Å². The van der Waals surface area contributed by atoms with Crippen LogP contribution in [-0.4, -0.2) is 31.7 Å². The molecule has 0 fully saturated rings. The number of fused-ring (bicyclic) bond motifs is 1. The number of anilines is 1. The summed E-state index contributed by atoms with van der Waals surface area (Å²) in [7, 11) is 0. The molecule has 0 saturated carbocycles. The number of halogens is 2. The van der Waals surface area contributed by atoms with Gasteiger partial charge >= 0.3 is 6.09 Å². The second kappa shape index (κ2) is 7.51. The molecule has 1 N–H and O–H groups in total. The fraction of sp³-hybridized carbons (Fsp3) is 0.118. The lowest BCUT2D eigenvalue weighted by atomic mass is 10.2. The molecule has 0 aliphatic carbocycles. The van der Waals surface area contributed by atoms with Crippen molar-refractivity contribution in [1.82, 2.24) is 9.66 Å². The van der Waals surface area contributed by atoms with Gasteiger partial charge in [-0.25, -0.2) is 9.78 Å². The van der Waals surface area contributed by atoms with Gasteiger partial charge < -0.3 is 9.66 Å². The fourth-order valence-corrected chi connectivity index (χ4v) is 4.21. The summed E-state index contributed by atoms with van der Waals surface area (Å²) in [5.74, 6) is 0. The number of carboxylic acid groups (broad SMARTS) is 1.